The van der Waals surface area contributed by atoms with Crippen molar-refractivity contribution in [2.24, 2.45) is 0 Å². The Kier molecular flexibility index (Phi) is 2.49. The first-order chi connectivity index (χ1) is 9.81. The minimum absolute atomic E-state index is 0.428. The van der Waals surface area contributed by atoms with E-state index in [1.807, 2.05) is 6.20 Å². The van der Waals surface area contributed by atoms with E-state index in [4.69, 9.17) is 0 Å². The quantitative estimate of drug-likeness (QED) is 0.828. The van der Waals surface area contributed by atoms with Crippen molar-refractivity contribution in [2.45, 2.75) is 19.3 Å². The number of hydrogen-bond acceptors (Lipinski definition) is 2. The van der Waals surface area contributed by atoms with E-state index in [-0.39, 0.29) is 0 Å². The van der Waals surface area contributed by atoms with E-state index in [1.165, 1.54) is 28.0 Å². The highest BCUT2D eigenvalue weighted by Crippen LogP contribution is 2.45. The van der Waals surface area contributed by atoms with Crippen molar-refractivity contribution < 1.29 is 0 Å². The number of aryl methyl sites for hydroxylation is 1. The van der Waals surface area contributed by atoms with Crippen LogP contribution in [0.5, 0.6) is 0 Å². The molecule has 2 heterocycles. The van der Waals surface area contributed by atoms with Gasteiger partial charge in [0.25, 0.3) is 0 Å². The molecule has 0 amide bonds. The van der Waals surface area contributed by atoms with Crippen LogP contribution in [0.4, 0.5) is 5.82 Å². The van der Waals surface area contributed by atoms with Crippen molar-refractivity contribution in [1.29, 1.82) is 0 Å². The highest BCUT2D eigenvalue weighted by atomic mass is 15.0. The van der Waals surface area contributed by atoms with Gasteiger partial charge in [-0.1, -0.05) is 42.5 Å². The van der Waals surface area contributed by atoms with Crippen LogP contribution in [0, 0.1) is 6.92 Å². The number of benzene rings is 1. The maximum absolute atomic E-state index is 4.51. The molecule has 1 aromatic carbocycles. The van der Waals surface area contributed by atoms with Crippen molar-refractivity contribution >= 4 is 11.4 Å². The first-order valence-corrected chi connectivity index (χ1v) is 7.01. The van der Waals surface area contributed by atoms with E-state index in [9.17, 15) is 0 Å². The van der Waals surface area contributed by atoms with E-state index in [0.29, 0.717) is 5.92 Å². The Morgan fingerprint density at radius 1 is 1.15 bits per heavy atom. The molecule has 0 spiro atoms. The lowest BCUT2D eigenvalue weighted by atomic mass is 9.85. The number of nitrogens with one attached hydrogen (secondary N) is 1. The molecular weight excluding hydrogens is 244 g/mol. The van der Waals surface area contributed by atoms with Crippen molar-refractivity contribution in [2.75, 3.05) is 5.32 Å². The van der Waals surface area contributed by atoms with Crippen LogP contribution in [0.1, 0.15) is 29.0 Å². The second kappa shape index (κ2) is 4.34. The Bertz CT molecular complexity index is 726. The summed E-state index contributed by atoms with van der Waals surface area (Å²) in [5.41, 5.74) is 6.55. The molecule has 2 heteroatoms. The number of hydrogen-bond donors (Lipinski definition) is 1. The zero-order valence-electron chi connectivity index (χ0n) is 11.4. The molecule has 0 saturated heterocycles. The maximum atomic E-state index is 4.51. The molecular formula is C18H16N2. The molecule has 0 saturated carbocycles. The Morgan fingerprint density at radius 2 is 2.00 bits per heavy atom. The Balaban J connectivity index is 1.73. The summed E-state index contributed by atoms with van der Waals surface area (Å²) in [7, 11) is 0. The van der Waals surface area contributed by atoms with E-state index < -0.39 is 0 Å². The number of allylic oxidation sites excluding steroid dienone is 4. The van der Waals surface area contributed by atoms with E-state index in [0.717, 1.165) is 12.2 Å². The monoisotopic (exact) mass is 260 g/mol. The third-order valence-corrected chi connectivity index (χ3v) is 4.10. The summed E-state index contributed by atoms with van der Waals surface area (Å²) < 4.78 is 0. The van der Waals surface area contributed by atoms with Gasteiger partial charge in [0.2, 0.25) is 0 Å². The molecule has 1 aromatic heterocycles. The first kappa shape index (κ1) is 11.5. The van der Waals surface area contributed by atoms with Crippen molar-refractivity contribution in [1.82, 2.24) is 4.98 Å². The Labute approximate surface area is 118 Å². The molecule has 1 N–H and O–H groups in total. The lowest BCUT2D eigenvalue weighted by Gasteiger charge is -2.19. The SMILES string of the molecule is Cc1cnc2c(c1)C1CC(c3ccccc3)=CC=C1N2. The summed E-state index contributed by atoms with van der Waals surface area (Å²) in [5, 5.41) is 3.44. The van der Waals surface area contributed by atoms with E-state index >= 15 is 0 Å². The standard InChI is InChI=1S/C18H16N2/c1-12-9-16-15-10-14(13-5-3-2-4-6-13)7-8-17(15)20-18(16)19-11-12/h2-9,11,15H,10H2,1H3,(H,19,20). The highest BCUT2D eigenvalue weighted by Gasteiger charge is 2.30. The number of fused-ring (bicyclic) bond motifs is 3. The highest BCUT2D eigenvalue weighted by molar-refractivity contribution is 5.74. The molecule has 20 heavy (non-hydrogen) atoms. The number of aromatic nitrogens is 1. The van der Waals surface area contributed by atoms with Gasteiger partial charge in [0.15, 0.2) is 0 Å². The topological polar surface area (TPSA) is 24.9 Å². The van der Waals surface area contributed by atoms with Gasteiger partial charge in [-0.25, -0.2) is 4.98 Å². The summed E-state index contributed by atoms with van der Waals surface area (Å²) in [6, 6.07) is 12.9. The summed E-state index contributed by atoms with van der Waals surface area (Å²) >= 11 is 0. The fourth-order valence-electron chi connectivity index (χ4n) is 3.08. The van der Waals surface area contributed by atoms with Gasteiger partial charge < -0.3 is 5.32 Å². The molecule has 0 fully saturated rings. The molecule has 1 aliphatic carbocycles. The predicted octanol–water partition coefficient (Wildman–Crippen LogP) is 4.27. The Morgan fingerprint density at radius 3 is 2.85 bits per heavy atom. The molecule has 1 atom stereocenters. The van der Waals surface area contributed by atoms with Gasteiger partial charge in [-0.15, -0.1) is 0 Å². The molecule has 0 radical (unpaired) electrons. The van der Waals surface area contributed by atoms with Crippen LogP contribution in [-0.2, 0) is 0 Å². The van der Waals surface area contributed by atoms with Crippen LogP contribution in [0.2, 0.25) is 0 Å². The second-order valence-electron chi connectivity index (χ2n) is 5.51. The summed E-state index contributed by atoms with van der Waals surface area (Å²) in [6.07, 6.45) is 7.40. The zero-order valence-corrected chi connectivity index (χ0v) is 11.4. The fraction of sp³-hybridized carbons (Fsp3) is 0.167. The number of rotatable bonds is 1. The molecule has 2 aliphatic rings. The third-order valence-electron chi connectivity index (χ3n) is 4.10. The van der Waals surface area contributed by atoms with Gasteiger partial charge in [-0.3, -0.25) is 0 Å². The lowest BCUT2D eigenvalue weighted by molar-refractivity contribution is 0.847. The summed E-state index contributed by atoms with van der Waals surface area (Å²) in [6.45, 7) is 2.10. The van der Waals surface area contributed by atoms with E-state index in [1.54, 1.807) is 0 Å². The average molecular weight is 260 g/mol. The van der Waals surface area contributed by atoms with Gasteiger partial charge in [-0.05, 0) is 36.1 Å². The van der Waals surface area contributed by atoms with Gasteiger partial charge in [0.05, 0.1) is 0 Å². The molecule has 2 aromatic rings. The van der Waals surface area contributed by atoms with Crippen molar-refractivity contribution in [3.05, 3.63) is 77.1 Å². The van der Waals surface area contributed by atoms with Gasteiger partial charge >= 0.3 is 0 Å². The van der Waals surface area contributed by atoms with Crippen LogP contribution in [0.3, 0.4) is 0 Å². The Hall–Kier alpha value is -2.35. The molecule has 2 nitrogen and oxygen atoms in total. The van der Waals surface area contributed by atoms with Crippen LogP contribution in [0.15, 0.2) is 60.4 Å². The summed E-state index contributed by atoms with van der Waals surface area (Å²) in [4.78, 5) is 4.51. The zero-order chi connectivity index (χ0) is 13.5. The normalized spacial score (nSPS) is 19.6. The predicted molar refractivity (Wildman–Crippen MR) is 82.5 cm³/mol. The van der Waals surface area contributed by atoms with Gasteiger partial charge in [0, 0.05) is 23.4 Å². The lowest BCUT2D eigenvalue weighted by Crippen LogP contribution is -2.05. The largest absolute Gasteiger partial charge is 0.343 e. The molecule has 1 aliphatic heterocycles. The first-order valence-electron chi connectivity index (χ1n) is 7.01. The average Bonchev–Trinajstić information content (AvgIpc) is 2.85. The number of nitrogens with zero attached hydrogens (tertiary/aromatic N) is 1. The van der Waals surface area contributed by atoms with Crippen molar-refractivity contribution in [3.8, 4) is 0 Å². The maximum Gasteiger partial charge on any atom is 0.133 e. The van der Waals surface area contributed by atoms with Gasteiger partial charge in [-0.2, -0.15) is 0 Å². The van der Waals surface area contributed by atoms with E-state index in [2.05, 4.69) is 65.8 Å². The minimum atomic E-state index is 0.428. The molecule has 0 bridgehead atoms. The molecule has 4 rings (SSSR count). The van der Waals surface area contributed by atoms with Gasteiger partial charge in [0.1, 0.15) is 5.82 Å². The van der Waals surface area contributed by atoms with Crippen LogP contribution < -0.4 is 5.32 Å². The fourth-order valence-corrected chi connectivity index (χ4v) is 3.08. The van der Waals surface area contributed by atoms with Crippen LogP contribution in [0.25, 0.3) is 5.57 Å². The van der Waals surface area contributed by atoms with Crippen LogP contribution in [-0.4, -0.2) is 4.98 Å². The third kappa shape index (κ3) is 1.76. The minimum Gasteiger partial charge on any atom is -0.343 e. The molecule has 1 unspecified atom stereocenters. The smallest absolute Gasteiger partial charge is 0.133 e. The molecule has 98 valence electrons. The number of pyridine rings is 1. The second-order valence-corrected chi connectivity index (χ2v) is 5.51. The van der Waals surface area contributed by atoms with Crippen LogP contribution >= 0.6 is 0 Å². The summed E-state index contributed by atoms with van der Waals surface area (Å²) in [5.74, 6) is 1.45. The van der Waals surface area contributed by atoms with Crippen molar-refractivity contribution in [3.63, 3.8) is 0 Å². The number of anilines is 1.